The van der Waals surface area contributed by atoms with Gasteiger partial charge in [-0.15, -0.1) is 0 Å². The number of rotatable bonds is 7. The number of ether oxygens (including phenoxy) is 1. The molecule has 2 heterocycles. The average Bonchev–Trinajstić information content (AvgIpc) is 2.94. The third kappa shape index (κ3) is 5.08. The standard InChI is InChI=1S/C20H29N3O3/c1-6-7-8-19(15(2)3)22-9-11-23(12-10-22)20(24)14-25-13-18-16(4)21-26-17(18)5/h6-8H,2,9-14H2,1,3-5H3/b7-6-,19-8+. The van der Waals surface area contributed by atoms with Gasteiger partial charge in [0.2, 0.25) is 5.91 Å². The maximum atomic E-state index is 12.4. The quantitative estimate of drug-likeness (QED) is 0.701. The Labute approximate surface area is 155 Å². The highest BCUT2D eigenvalue weighted by molar-refractivity contribution is 5.77. The molecule has 1 aromatic rings. The molecule has 0 atom stereocenters. The Bertz CT molecular complexity index is 676. The summed E-state index contributed by atoms with van der Waals surface area (Å²) in [6.07, 6.45) is 6.09. The molecule has 1 amide bonds. The zero-order chi connectivity index (χ0) is 19.1. The summed E-state index contributed by atoms with van der Waals surface area (Å²) in [6, 6.07) is 0. The zero-order valence-electron chi connectivity index (χ0n) is 16.2. The predicted molar refractivity (Wildman–Crippen MR) is 101 cm³/mol. The Morgan fingerprint density at radius 2 is 1.92 bits per heavy atom. The molecule has 1 aromatic heterocycles. The largest absolute Gasteiger partial charge is 0.368 e. The summed E-state index contributed by atoms with van der Waals surface area (Å²) >= 11 is 0. The fraction of sp³-hybridized carbons (Fsp3) is 0.500. The highest BCUT2D eigenvalue weighted by Crippen LogP contribution is 2.17. The fourth-order valence-electron chi connectivity index (χ4n) is 2.94. The number of allylic oxidation sites excluding steroid dienone is 4. The van der Waals surface area contributed by atoms with Crippen molar-refractivity contribution in [3.8, 4) is 0 Å². The van der Waals surface area contributed by atoms with Crippen molar-refractivity contribution in [2.24, 2.45) is 0 Å². The lowest BCUT2D eigenvalue weighted by Gasteiger charge is -2.37. The van der Waals surface area contributed by atoms with E-state index in [0.29, 0.717) is 19.7 Å². The SMILES string of the molecule is C=C(C)/C(=C\C=C/C)N1CCN(C(=O)COCc2c(C)noc2C)CC1. The van der Waals surface area contributed by atoms with Crippen LogP contribution in [0.5, 0.6) is 0 Å². The number of carbonyl (C=O) groups excluding carboxylic acids is 1. The monoisotopic (exact) mass is 359 g/mol. The van der Waals surface area contributed by atoms with Crippen LogP contribution in [0.3, 0.4) is 0 Å². The first-order valence-electron chi connectivity index (χ1n) is 8.95. The van der Waals surface area contributed by atoms with Crippen LogP contribution in [0, 0.1) is 13.8 Å². The van der Waals surface area contributed by atoms with E-state index in [1.807, 2.05) is 44.7 Å². The van der Waals surface area contributed by atoms with Gasteiger partial charge in [0.15, 0.2) is 0 Å². The Hall–Kier alpha value is -2.34. The number of nitrogens with zero attached hydrogens (tertiary/aromatic N) is 3. The van der Waals surface area contributed by atoms with Crippen molar-refractivity contribution in [2.75, 3.05) is 32.8 Å². The van der Waals surface area contributed by atoms with Gasteiger partial charge in [-0.1, -0.05) is 23.9 Å². The second-order valence-corrected chi connectivity index (χ2v) is 6.52. The van der Waals surface area contributed by atoms with Crippen molar-refractivity contribution in [1.82, 2.24) is 15.0 Å². The Morgan fingerprint density at radius 3 is 2.46 bits per heavy atom. The minimum Gasteiger partial charge on any atom is -0.368 e. The Kier molecular flexibility index (Phi) is 7.21. The summed E-state index contributed by atoms with van der Waals surface area (Å²) in [5.74, 6) is 0.759. The molecule has 26 heavy (non-hydrogen) atoms. The lowest BCUT2D eigenvalue weighted by atomic mass is 10.1. The molecule has 0 aromatic carbocycles. The van der Waals surface area contributed by atoms with Crippen LogP contribution in [0.1, 0.15) is 30.9 Å². The first kappa shape index (κ1) is 20.0. The maximum absolute atomic E-state index is 12.4. The number of hydrogen-bond acceptors (Lipinski definition) is 5. The smallest absolute Gasteiger partial charge is 0.248 e. The van der Waals surface area contributed by atoms with Crippen LogP contribution < -0.4 is 0 Å². The van der Waals surface area contributed by atoms with Crippen LogP contribution in [-0.2, 0) is 16.1 Å². The summed E-state index contributed by atoms with van der Waals surface area (Å²) in [6.45, 7) is 15.2. The van der Waals surface area contributed by atoms with E-state index in [4.69, 9.17) is 9.26 Å². The van der Waals surface area contributed by atoms with Gasteiger partial charge in [-0.2, -0.15) is 0 Å². The summed E-state index contributed by atoms with van der Waals surface area (Å²) in [5, 5.41) is 3.89. The molecular weight excluding hydrogens is 330 g/mol. The topological polar surface area (TPSA) is 58.8 Å². The lowest BCUT2D eigenvalue weighted by molar-refractivity contribution is -0.138. The summed E-state index contributed by atoms with van der Waals surface area (Å²) in [5.41, 5.74) is 3.89. The van der Waals surface area contributed by atoms with Crippen molar-refractivity contribution in [3.63, 3.8) is 0 Å². The van der Waals surface area contributed by atoms with E-state index in [1.165, 1.54) is 0 Å². The lowest BCUT2D eigenvalue weighted by Crippen LogP contribution is -2.49. The summed E-state index contributed by atoms with van der Waals surface area (Å²) in [7, 11) is 0. The van der Waals surface area contributed by atoms with E-state index in [9.17, 15) is 4.79 Å². The Balaban J connectivity index is 1.81. The predicted octanol–water partition coefficient (Wildman–Crippen LogP) is 2.99. The molecule has 2 rings (SSSR count). The van der Waals surface area contributed by atoms with Gasteiger partial charge >= 0.3 is 0 Å². The molecule has 142 valence electrons. The second kappa shape index (κ2) is 9.38. The molecule has 1 saturated heterocycles. The van der Waals surface area contributed by atoms with Gasteiger partial charge in [0.25, 0.3) is 0 Å². The van der Waals surface area contributed by atoms with Gasteiger partial charge in [0.05, 0.1) is 12.3 Å². The third-order valence-corrected chi connectivity index (χ3v) is 4.51. The molecule has 6 nitrogen and oxygen atoms in total. The molecule has 0 bridgehead atoms. The van der Waals surface area contributed by atoms with Crippen molar-refractivity contribution in [3.05, 3.63) is 53.1 Å². The van der Waals surface area contributed by atoms with Crippen LogP contribution >= 0.6 is 0 Å². The van der Waals surface area contributed by atoms with Gasteiger partial charge < -0.3 is 19.1 Å². The van der Waals surface area contributed by atoms with Gasteiger partial charge in [-0.3, -0.25) is 4.79 Å². The normalized spacial score (nSPS) is 15.8. The molecule has 6 heteroatoms. The van der Waals surface area contributed by atoms with Gasteiger partial charge in [-0.25, -0.2) is 0 Å². The van der Waals surface area contributed by atoms with E-state index in [1.54, 1.807) is 0 Å². The molecular formula is C20H29N3O3. The summed E-state index contributed by atoms with van der Waals surface area (Å²) < 4.78 is 10.7. The number of piperazine rings is 1. The first-order valence-corrected chi connectivity index (χ1v) is 8.95. The van der Waals surface area contributed by atoms with Crippen LogP contribution in [0.15, 0.2) is 40.6 Å². The highest BCUT2D eigenvalue weighted by Gasteiger charge is 2.22. The molecule has 0 N–H and O–H groups in total. The fourth-order valence-corrected chi connectivity index (χ4v) is 2.94. The number of aryl methyl sites for hydroxylation is 2. The zero-order valence-corrected chi connectivity index (χ0v) is 16.2. The first-order chi connectivity index (χ1) is 12.4. The molecule has 1 aliphatic heterocycles. The molecule has 0 radical (unpaired) electrons. The van der Waals surface area contributed by atoms with E-state index in [2.05, 4.69) is 22.7 Å². The van der Waals surface area contributed by atoms with E-state index in [0.717, 1.165) is 41.4 Å². The maximum Gasteiger partial charge on any atom is 0.248 e. The van der Waals surface area contributed by atoms with Crippen LogP contribution in [0.4, 0.5) is 0 Å². The van der Waals surface area contributed by atoms with Crippen molar-refractivity contribution >= 4 is 5.91 Å². The number of carbonyl (C=O) groups is 1. The number of aromatic nitrogens is 1. The molecule has 1 aliphatic rings. The summed E-state index contributed by atoms with van der Waals surface area (Å²) in [4.78, 5) is 16.5. The number of hydrogen-bond donors (Lipinski definition) is 0. The number of amides is 1. The molecule has 0 unspecified atom stereocenters. The van der Waals surface area contributed by atoms with E-state index >= 15 is 0 Å². The van der Waals surface area contributed by atoms with Crippen molar-refractivity contribution in [2.45, 2.75) is 34.3 Å². The second-order valence-electron chi connectivity index (χ2n) is 6.52. The van der Waals surface area contributed by atoms with Crippen LogP contribution in [-0.4, -0.2) is 53.6 Å². The van der Waals surface area contributed by atoms with Crippen LogP contribution in [0.2, 0.25) is 0 Å². The molecule has 0 saturated carbocycles. The van der Waals surface area contributed by atoms with Gasteiger partial charge in [-0.05, 0) is 39.3 Å². The minimum atomic E-state index is 0.0192. The van der Waals surface area contributed by atoms with E-state index < -0.39 is 0 Å². The third-order valence-electron chi connectivity index (χ3n) is 4.51. The molecule has 0 aliphatic carbocycles. The van der Waals surface area contributed by atoms with Gasteiger partial charge in [0, 0.05) is 37.4 Å². The average molecular weight is 359 g/mol. The van der Waals surface area contributed by atoms with Crippen LogP contribution in [0.25, 0.3) is 0 Å². The van der Waals surface area contributed by atoms with E-state index in [-0.39, 0.29) is 12.5 Å². The highest BCUT2D eigenvalue weighted by atomic mass is 16.5. The molecule has 1 fully saturated rings. The van der Waals surface area contributed by atoms with Crippen molar-refractivity contribution < 1.29 is 14.1 Å². The minimum absolute atomic E-state index is 0.0192. The van der Waals surface area contributed by atoms with Gasteiger partial charge in [0.1, 0.15) is 12.4 Å². The Morgan fingerprint density at radius 1 is 1.27 bits per heavy atom. The molecule has 0 spiro atoms. The van der Waals surface area contributed by atoms with Crippen molar-refractivity contribution in [1.29, 1.82) is 0 Å².